The van der Waals surface area contributed by atoms with Crippen molar-refractivity contribution in [3.63, 3.8) is 0 Å². The smallest absolute Gasteiger partial charge is 0.0484 e. The molecule has 1 heteroatoms. The van der Waals surface area contributed by atoms with Crippen LogP contribution in [-0.2, 0) is 7.05 Å². The van der Waals surface area contributed by atoms with E-state index in [0.29, 0.717) is 0 Å². The Balaban J connectivity index is 1.98. The molecule has 1 heterocycles. The Morgan fingerprint density at radius 1 is 0.750 bits per heavy atom. The fourth-order valence-corrected chi connectivity index (χ4v) is 3.21. The molecule has 0 aliphatic carbocycles. The molecule has 0 radical (unpaired) electrons. The van der Waals surface area contributed by atoms with Gasteiger partial charge >= 0.3 is 0 Å². The van der Waals surface area contributed by atoms with Gasteiger partial charge in [-0.1, -0.05) is 78.9 Å². The molecule has 0 N–H and O–H groups in total. The largest absolute Gasteiger partial charge is 0.350 e. The predicted octanol–water partition coefficient (Wildman–Crippen LogP) is 5.77. The fourth-order valence-electron chi connectivity index (χ4n) is 3.21. The normalized spacial score (nSPS) is 11.8. The second kappa shape index (κ2) is 6.21. The molecule has 4 aromatic rings. The summed E-state index contributed by atoms with van der Waals surface area (Å²) in [6, 6.07) is 29.7. The highest BCUT2D eigenvalue weighted by molar-refractivity contribution is 6.02. The first kappa shape index (κ1) is 14.5. The van der Waals surface area contributed by atoms with Crippen molar-refractivity contribution in [2.45, 2.75) is 0 Å². The molecule has 0 amide bonds. The lowest BCUT2D eigenvalue weighted by atomic mass is 9.95. The van der Waals surface area contributed by atoms with E-state index in [1.165, 1.54) is 33.2 Å². The van der Waals surface area contributed by atoms with Gasteiger partial charge in [0.2, 0.25) is 0 Å². The van der Waals surface area contributed by atoms with Crippen LogP contribution in [0.2, 0.25) is 0 Å². The number of aromatic nitrogens is 1. The average molecular weight is 309 g/mol. The molecule has 4 rings (SSSR count). The third-order valence-corrected chi connectivity index (χ3v) is 4.38. The summed E-state index contributed by atoms with van der Waals surface area (Å²) in [4.78, 5) is 0. The van der Waals surface area contributed by atoms with E-state index in [-0.39, 0.29) is 0 Å². The van der Waals surface area contributed by atoms with E-state index in [4.69, 9.17) is 0 Å². The minimum absolute atomic E-state index is 1.21. The van der Waals surface area contributed by atoms with Crippen LogP contribution in [0.25, 0.3) is 22.6 Å². The maximum atomic E-state index is 2.27. The van der Waals surface area contributed by atoms with Gasteiger partial charge in [-0.15, -0.1) is 0 Å². The van der Waals surface area contributed by atoms with Crippen molar-refractivity contribution < 1.29 is 0 Å². The molecule has 0 fully saturated rings. The lowest BCUT2D eigenvalue weighted by Gasteiger charge is -2.08. The highest BCUT2D eigenvalue weighted by Gasteiger charge is 2.12. The Kier molecular flexibility index (Phi) is 3.76. The summed E-state index contributed by atoms with van der Waals surface area (Å²) in [7, 11) is 2.11. The number of hydrogen-bond acceptors (Lipinski definition) is 0. The molecule has 0 spiro atoms. The predicted molar refractivity (Wildman–Crippen MR) is 103 cm³/mol. The Morgan fingerprint density at radius 3 is 2.12 bits per heavy atom. The van der Waals surface area contributed by atoms with Crippen molar-refractivity contribution in [3.8, 4) is 0 Å². The van der Waals surface area contributed by atoms with Gasteiger partial charge in [-0.2, -0.15) is 0 Å². The molecule has 0 bridgehead atoms. The first-order chi connectivity index (χ1) is 11.8. The number of benzene rings is 3. The third-order valence-electron chi connectivity index (χ3n) is 4.38. The molecule has 0 saturated carbocycles. The zero-order valence-electron chi connectivity index (χ0n) is 13.7. The molecular formula is C23H19N. The maximum Gasteiger partial charge on any atom is 0.0484 e. The van der Waals surface area contributed by atoms with Gasteiger partial charge in [0.25, 0.3) is 0 Å². The zero-order valence-corrected chi connectivity index (χ0v) is 13.7. The molecule has 0 atom stereocenters. The van der Waals surface area contributed by atoms with Gasteiger partial charge in [0, 0.05) is 29.7 Å². The highest BCUT2D eigenvalue weighted by Crippen LogP contribution is 2.32. The summed E-state index contributed by atoms with van der Waals surface area (Å²) in [6.45, 7) is 0. The van der Waals surface area contributed by atoms with Crippen LogP contribution in [0.5, 0.6) is 0 Å². The van der Waals surface area contributed by atoms with Gasteiger partial charge in [-0.05, 0) is 28.8 Å². The van der Waals surface area contributed by atoms with Crippen LogP contribution in [0.15, 0.2) is 91.1 Å². The highest BCUT2D eigenvalue weighted by atomic mass is 14.9. The van der Waals surface area contributed by atoms with Gasteiger partial charge in [0.1, 0.15) is 0 Å². The minimum atomic E-state index is 1.21. The van der Waals surface area contributed by atoms with E-state index in [1.54, 1.807) is 0 Å². The summed E-state index contributed by atoms with van der Waals surface area (Å²) in [5.74, 6) is 0. The van der Waals surface area contributed by atoms with Crippen LogP contribution in [-0.4, -0.2) is 4.57 Å². The summed E-state index contributed by atoms with van der Waals surface area (Å²) in [5.41, 5.74) is 6.21. The van der Waals surface area contributed by atoms with Gasteiger partial charge < -0.3 is 4.57 Å². The standard InChI is InChI=1S/C23H19N/c1-24-17-22(20-14-8-9-15-23(20)24)21(19-12-6-3-7-13-19)16-18-10-4-2-5-11-18/h2-17H,1H3/b21-16+. The molecule has 0 aliphatic heterocycles. The Hall–Kier alpha value is -3.06. The summed E-state index contributed by atoms with van der Waals surface area (Å²) < 4.78 is 2.20. The first-order valence-electron chi connectivity index (χ1n) is 8.19. The van der Waals surface area contributed by atoms with Crippen LogP contribution in [0, 0.1) is 0 Å². The zero-order chi connectivity index (χ0) is 16.4. The molecule has 0 saturated heterocycles. The van der Waals surface area contributed by atoms with Gasteiger partial charge in [-0.3, -0.25) is 0 Å². The molecule has 3 aromatic carbocycles. The quantitative estimate of drug-likeness (QED) is 0.424. The van der Waals surface area contributed by atoms with E-state index < -0.39 is 0 Å². The number of fused-ring (bicyclic) bond motifs is 1. The van der Waals surface area contributed by atoms with Gasteiger partial charge in [-0.25, -0.2) is 0 Å². The lowest BCUT2D eigenvalue weighted by molar-refractivity contribution is 0.967. The van der Waals surface area contributed by atoms with Gasteiger partial charge in [0.05, 0.1) is 0 Å². The number of aryl methyl sites for hydroxylation is 1. The molecule has 24 heavy (non-hydrogen) atoms. The molecule has 0 aliphatic rings. The maximum absolute atomic E-state index is 2.27. The number of para-hydroxylation sites is 1. The first-order valence-corrected chi connectivity index (χ1v) is 8.19. The summed E-state index contributed by atoms with van der Waals surface area (Å²) in [6.07, 6.45) is 4.50. The van der Waals surface area contributed by atoms with Crippen molar-refractivity contribution in [3.05, 3.63) is 108 Å². The Bertz CT molecular complexity index is 992. The topological polar surface area (TPSA) is 4.93 Å². The van der Waals surface area contributed by atoms with E-state index in [2.05, 4.69) is 109 Å². The van der Waals surface area contributed by atoms with Crippen LogP contribution in [0.1, 0.15) is 16.7 Å². The SMILES string of the molecule is Cn1cc(/C(=C/c2ccccc2)c2ccccc2)c2ccccc21. The Labute approximate surface area is 142 Å². The number of nitrogens with zero attached hydrogens (tertiary/aromatic N) is 1. The molecular weight excluding hydrogens is 290 g/mol. The molecule has 1 aromatic heterocycles. The average Bonchev–Trinajstić information content (AvgIpc) is 2.98. The second-order valence-corrected chi connectivity index (χ2v) is 6.01. The monoisotopic (exact) mass is 309 g/mol. The molecule has 1 nitrogen and oxygen atoms in total. The van der Waals surface area contributed by atoms with Crippen molar-refractivity contribution in [1.29, 1.82) is 0 Å². The van der Waals surface area contributed by atoms with E-state index in [0.717, 1.165) is 0 Å². The van der Waals surface area contributed by atoms with Crippen molar-refractivity contribution in [2.24, 2.45) is 7.05 Å². The fraction of sp³-hybridized carbons (Fsp3) is 0.0435. The van der Waals surface area contributed by atoms with Crippen molar-refractivity contribution >= 4 is 22.6 Å². The molecule has 0 unspecified atom stereocenters. The van der Waals surface area contributed by atoms with E-state index in [1.807, 2.05) is 0 Å². The van der Waals surface area contributed by atoms with Gasteiger partial charge in [0.15, 0.2) is 0 Å². The number of hydrogen-bond donors (Lipinski definition) is 0. The van der Waals surface area contributed by atoms with Crippen molar-refractivity contribution in [2.75, 3.05) is 0 Å². The van der Waals surface area contributed by atoms with Crippen LogP contribution in [0.4, 0.5) is 0 Å². The lowest BCUT2D eigenvalue weighted by Crippen LogP contribution is -1.87. The summed E-state index contributed by atoms with van der Waals surface area (Å²) in [5, 5.41) is 1.28. The second-order valence-electron chi connectivity index (χ2n) is 6.01. The van der Waals surface area contributed by atoms with E-state index >= 15 is 0 Å². The van der Waals surface area contributed by atoms with Crippen LogP contribution in [0.3, 0.4) is 0 Å². The minimum Gasteiger partial charge on any atom is -0.350 e. The molecule has 116 valence electrons. The van der Waals surface area contributed by atoms with E-state index in [9.17, 15) is 0 Å². The Morgan fingerprint density at radius 2 is 1.38 bits per heavy atom. The van der Waals surface area contributed by atoms with Crippen LogP contribution >= 0.6 is 0 Å². The van der Waals surface area contributed by atoms with Crippen LogP contribution < -0.4 is 0 Å². The third kappa shape index (κ3) is 2.65. The number of rotatable bonds is 3. The van der Waals surface area contributed by atoms with Crippen molar-refractivity contribution in [1.82, 2.24) is 4.57 Å². The summed E-state index contributed by atoms with van der Waals surface area (Å²) >= 11 is 0.